The number of nitrogens with zero attached hydrogens (tertiary/aromatic N) is 1. The largest absolute Gasteiger partial charge is 0.453 e. The minimum atomic E-state index is -0.840. The molecule has 25 heavy (non-hydrogen) atoms. The lowest BCUT2D eigenvalue weighted by atomic mass is 9.97. The van der Waals surface area contributed by atoms with Gasteiger partial charge >= 0.3 is 5.97 Å². The topological polar surface area (TPSA) is 56.3 Å². The van der Waals surface area contributed by atoms with Crippen LogP contribution in [0.2, 0.25) is 15.1 Å². The number of aromatic nitrogens is 1. The van der Waals surface area contributed by atoms with E-state index in [0.717, 1.165) is 12.0 Å². The van der Waals surface area contributed by atoms with E-state index < -0.39 is 12.6 Å². The standard InChI is InChI=1S/C18H16Cl3NO3/c1-3-10(2)11-4-6-12(7-5-11)14(23)9-25-18(24)17-16(21)15(20)13(19)8-22-17/h4-8,10H,3,9H2,1-2H3/t10-/m0/s1. The lowest BCUT2D eigenvalue weighted by Crippen LogP contribution is -2.15. The maximum absolute atomic E-state index is 12.2. The highest BCUT2D eigenvalue weighted by atomic mass is 35.5. The van der Waals surface area contributed by atoms with Gasteiger partial charge in [-0.15, -0.1) is 0 Å². The Morgan fingerprint density at radius 3 is 2.36 bits per heavy atom. The van der Waals surface area contributed by atoms with Crippen LogP contribution in [0.15, 0.2) is 30.5 Å². The molecule has 0 saturated heterocycles. The lowest BCUT2D eigenvalue weighted by Gasteiger charge is -2.10. The zero-order valence-corrected chi connectivity index (χ0v) is 16.0. The van der Waals surface area contributed by atoms with E-state index in [4.69, 9.17) is 39.5 Å². The molecular weight excluding hydrogens is 385 g/mol. The summed E-state index contributed by atoms with van der Waals surface area (Å²) in [6.45, 7) is 3.80. The Labute approximate surface area is 161 Å². The molecule has 0 aliphatic carbocycles. The van der Waals surface area contributed by atoms with Crippen LogP contribution in [0.1, 0.15) is 52.6 Å². The summed E-state index contributed by atoms with van der Waals surface area (Å²) in [7, 11) is 0. The van der Waals surface area contributed by atoms with Crippen LogP contribution in [0.3, 0.4) is 0 Å². The van der Waals surface area contributed by atoms with Gasteiger partial charge in [0.2, 0.25) is 0 Å². The number of ketones is 1. The third-order valence-electron chi connectivity index (χ3n) is 3.86. The van der Waals surface area contributed by atoms with E-state index >= 15 is 0 Å². The summed E-state index contributed by atoms with van der Waals surface area (Å²) in [5, 5.41) is 0.0301. The molecule has 0 amide bonds. The number of hydrogen-bond acceptors (Lipinski definition) is 4. The number of ether oxygens (including phenoxy) is 1. The molecule has 1 heterocycles. The minimum absolute atomic E-state index is 0.0113. The molecule has 0 fully saturated rings. The molecule has 132 valence electrons. The Bertz CT molecular complexity index is 791. The average molecular weight is 401 g/mol. The van der Waals surface area contributed by atoms with Gasteiger partial charge in [-0.25, -0.2) is 9.78 Å². The van der Waals surface area contributed by atoms with Crippen LogP contribution >= 0.6 is 34.8 Å². The molecule has 1 aromatic carbocycles. The van der Waals surface area contributed by atoms with E-state index in [0.29, 0.717) is 11.5 Å². The molecule has 0 bridgehead atoms. The quantitative estimate of drug-likeness (QED) is 0.468. The zero-order valence-electron chi connectivity index (χ0n) is 13.7. The second kappa shape index (κ2) is 8.65. The Hall–Kier alpha value is -1.62. The van der Waals surface area contributed by atoms with Gasteiger partial charge in [-0.2, -0.15) is 0 Å². The monoisotopic (exact) mass is 399 g/mol. The number of Topliss-reactive ketones (excluding diaryl/α,β-unsaturated/α-hetero) is 1. The van der Waals surface area contributed by atoms with Crippen LogP contribution in [0, 0.1) is 0 Å². The smallest absolute Gasteiger partial charge is 0.358 e. The van der Waals surface area contributed by atoms with Crippen molar-refractivity contribution < 1.29 is 14.3 Å². The van der Waals surface area contributed by atoms with Gasteiger partial charge in [-0.05, 0) is 17.9 Å². The van der Waals surface area contributed by atoms with Crippen LogP contribution in [0.25, 0.3) is 0 Å². The molecule has 0 aliphatic heterocycles. The number of esters is 1. The van der Waals surface area contributed by atoms with Gasteiger partial charge in [0.1, 0.15) is 0 Å². The first-order chi connectivity index (χ1) is 11.8. The van der Waals surface area contributed by atoms with Crippen LogP contribution in [0.5, 0.6) is 0 Å². The zero-order chi connectivity index (χ0) is 18.6. The number of halogens is 3. The van der Waals surface area contributed by atoms with Crippen molar-refractivity contribution in [3.63, 3.8) is 0 Å². The van der Waals surface area contributed by atoms with Crippen molar-refractivity contribution in [2.24, 2.45) is 0 Å². The highest BCUT2D eigenvalue weighted by molar-refractivity contribution is 6.48. The number of carbonyl (C=O) groups excluding carboxylic acids is 2. The van der Waals surface area contributed by atoms with Gasteiger partial charge < -0.3 is 4.74 Å². The fourth-order valence-corrected chi connectivity index (χ4v) is 2.66. The van der Waals surface area contributed by atoms with E-state index in [9.17, 15) is 9.59 Å². The molecule has 1 aromatic heterocycles. The van der Waals surface area contributed by atoms with E-state index in [2.05, 4.69) is 18.8 Å². The summed E-state index contributed by atoms with van der Waals surface area (Å²) >= 11 is 17.5. The molecule has 1 atom stereocenters. The molecule has 0 radical (unpaired) electrons. The third-order valence-corrected chi connectivity index (χ3v) is 5.10. The average Bonchev–Trinajstić information content (AvgIpc) is 2.63. The van der Waals surface area contributed by atoms with Gasteiger partial charge in [0.05, 0.1) is 15.1 Å². The fourth-order valence-electron chi connectivity index (χ4n) is 2.10. The number of pyridine rings is 1. The number of benzene rings is 1. The molecule has 2 aromatic rings. The predicted octanol–water partition coefficient (Wildman–Crippen LogP) is 5.60. The molecule has 4 nitrogen and oxygen atoms in total. The molecule has 0 unspecified atom stereocenters. The van der Waals surface area contributed by atoms with Crippen LogP contribution in [-0.4, -0.2) is 23.3 Å². The summed E-state index contributed by atoms with van der Waals surface area (Å²) in [6, 6.07) is 7.26. The molecule has 0 aliphatic rings. The predicted molar refractivity (Wildman–Crippen MR) is 99.0 cm³/mol. The molecule has 2 rings (SSSR count). The van der Waals surface area contributed by atoms with E-state index in [-0.39, 0.29) is 26.5 Å². The minimum Gasteiger partial charge on any atom is -0.453 e. The van der Waals surface area contributed by atoms with Crippen molar-refractivity contribution >= 4 is 46.6 Å². The maximum atomic E-state index is 12.2. The Morgan fingerprint density at radius 2 is 1.76 bits per heavy atom. The Morgan fingerprint density at radius 1 is 1.12 bits per heavy atom. The summed E-state index contributed by atoms with van der Waals surface area (Å²) < 4.78 is 4.98. The molecular formula is C18H16Cl3NO3. The van der Waals surface area contributed by atoms with Crippen molar-refractivity contribution in [1.82, 2.24) is 4.98 Å². The summed E-state index contributed by atoms with van der Waals surface area (Å²) in [5.41, 5.74) is 1.44. The van der Waals surface area contributed by atoms with Crippen LogP contribution < -0.4 is 0 Å². The maximum Gasteiger partial charge on any atom is 0.358 e. The Kier molecular flexibility index (Phi) is 6.82. The fraction of sp³-hybridized carbons (Fsp3) is 0.278. The van der Waals surface area contributed by atoms with Crippen molar-refractivity contribution in [2.75, 3.05) is 6.61 Å². The number of hydrogen-bond donors (Lipinski definition) is 0. The molecule has 0 spiro atoms. The highest BCUT2D eigenvalue weighted by Gasteiger charge is 2.19. The van der Waals surface area contributed by atoms with Gasteiger partial charge in [-0.3, -0.25) is 4.79 Å². The van der Waals surface area contributed by atoms with E-state index in [1.54, 1.807) is 12.1 Å². The lowest BCUT2D eigenvalue weighted by molar-refractivity contribution is 0.0469. The third kappa shape index (κ3) is 4.72. The van der Waals surface area contributed by atoms with Gasteiger partial charge in [0.25, 0.3) is 0 Å². The van der Waals surface area contributed by atoms with Crippen molar-refractivity contribution in [3.05, 3.63) is 62.4 Å². The normalized spacial score (nSPS) is 11.9. The first-order valence-electron chi connectivity index (χ1n) is 7.64. The Balaban J connectivity index is 2.02. The van der Waals surface area contributed by atoms with Crippen molar-refractivity contribution in [1.29, 1.82) is 0 Å². The van der Waals surface area contributed by atoms with Crippen molar-refractivity contribution in [2.45, 2.75) is 26.2 Å². The van der Waals surface area contributed by atoms with Gasteiger partial charge in [0, 0.05) is 11.8 Å². The van der Waals surface area contributed by atoms with E-state index in [1.165, 1.54) is 6.20 Å². The summed E-state index contributed by atoms with van der Waals surface area (Å²) in [5.74, 6) is -0.738. The van der Waals surface area contributed by atoms with Gasteiger partial charge in [-0.1, -0.05) is 72.9 Å². The van der Waals surface area contributed by atoms with Gasteiger partial charge in [0.15, 0.2) is 18.1 Å². The van der Waals surface area contributed by atoms with Crippen molar-refractivity contribution in [3.8, 4) is 0 Å². The second-order valence-corrected chi connectivity index (χ2v) is 6.68. The molecule has 0 N–H and O–H groups in total. The van der Waals surface area contributed by atoms with E-state index in [1.807, 2.05) is 12.1 Å². The highest BCUT2D eigenvalue weighted by Crippen LogP contribution is 2.31. The van der Waals surface area contributed by atoms with Crippen LogP contribution in [0.4, 0.5) is 0 Å². The first-order valence-corrected chi connectivity index (χ1v) is 8.78. The summed E-state index contributed by atoms with van der Waals surface area (Å²) in [6.07, 6.45) is 2.21. The molecule has 7 heteroatoms. The first kappa shape index (κ1) is 19.7. The SMILES string of the molecule is CC[C@H](C)c1ccc(C(=O)COC(=O)c2ncc(Cl)c(Cl)c2Cl)cc1. The summed E-state index contributed by atoms with van der Waals surface area (Å²) in [4.78, 5) is 28.0. The molecule has 0 saturated carbocycles. The second-order valence-electron chi connectivity index (χ2n) is 5.51. The number of carbonyl (C=O) groups is 2. The van der Waals surface area contributed by atoms with Crippen LogP contribution in [-0.2, 0) is 4.74 Å². The number of rotatable bonds is 6.